The maximum Gasteiger partial charge on any atom is 0.191 e. The third-order valence-corrected chi connectivity index (χ3v) is 4.52. The smallest absolute Gasteiger partial charge is 0.191 e. The summed E-state index contributed by atoms with van der Waals surface area (Å²) < 4.78 is 5.92. The molecule has 0 aromatic heterocycles. The van der Waals surface area contributed by atoms with E-state index in [-0.39, 0.29) is 24.0 Å². The van der Waals surface area contributed by atoms with Crippen molar-refractivity contribution in [3.05, 3.63) is 65.7 Å². The molecule has 0 radical (unpaired) electrons. The number of rotatable bonds is 10. The van der Waals surface area contributed by atoms with Crippen LogP contribution in [0, 0.1) is 0 Å². The molecule has 0 saturated heterocycles. The molecule has 0 saturated carbocycles. The second kappa shape index (κ2) is 13.5. The van der Waals surface area contributed by atoms with Crippen LogP contribution in [0.4, 0.5) is 0 Å². The maximum absolute atomic E-state index is 10.8. The topological polar surface area (TPSA) is 69.1 Å². The number of guanidine groups is 1. The van der Waals surface area contributed by atoms with Crippen LogP contribution in [0.1, 0.15) is 25.0 Å². The third kappa shape index (κ3) is 8.89. The highest BCUT2D eigenvalue weighted by Crippen LogP contribution is 2.20. The van der Waals surface area contributed by atoms with Crippen molar-refractivity contribution in [2.24, 2.45) is 4.99 Å². The Morgan fingerprint density at radius 3 is 2.40 bits per heavy atom. The number of nitrogens with one attached hydrogen (secondary N) is 2. The minimum Gasteiger partial charge on any atom is -0.492 e. The van der Waals surface area contributed by atoms with E-state index in [1.54, 1.807) is 6.92 Å². The first-order valence-corrected chi connectivity index (χ1v) is 10.1. The number of aliphatic hydroxyl groups is 1. The molecule has 0 aliphatic rings. The van der Waals surface area contributed by atoms with Gasteiger partial charge in [-0.15, -0.1) is 24.0 Å². The van der Waals surface area contributed by atoms with Gasteiger partial charge in [-0.05, 0) is 39.6 Å². The fourth-order valence-electron chi connectivity index (χ4n) is 2.77. The fourth-order valence-corrected chi connectivity index (χ4v) is 2.77. The number of ether oxygens (including phenoxy) is 1. The van der Waals surface area contributed by atoms with Gasteiger partial charge in [-0.1, -0.05) is 48.5 Å². The molecule has 3 N–H and O–H groups in total. The first kappa shape index (κ1) is 26.2. The number of para-hydroxylation sites is 1. The summed E-state index contributed by atoms with van der Waals surface area (Å²) in [6.45, 7) is 6.88. The van der Waals surface area contributed by atoms with Gasteiger partial charge in [0.05, 0.1) is 13.1 Å². The lowest BCUT2D eigenvalue weighted by Crippen LogP contribution is -2.44. The zero-order chi connectivity index (χ0) is 21.1. The second-order valence-electron chi connectivity index (χ2n) is 7.45. The largest absolute Gasteiger partial charge is 0.492 e. The van der Waals surface area contributed by atoms with E-state index >= 15 is 0 Å². The van der Waals surface area contributed by atoms with Crippen LogP contribution in [0.5, 0.6) is 5.75 Å². The molecule has 2 rings (SSSR count). The quantitative estimate of drug-likeness (QED) is 0.252. The lowest BCUT2D eigenvalue weighted by Gasteiger charge is -2.25. The van der Waals surface area contributed by atoms with Crippen molar-refractivity contribution in [2.45, 2.75) is 26.0 Å². The lowest BCUT2D eigenvalue weighted by atomic mass is 9.96. The van der Waals surface area contributed by atoms with Crippen molar-refractivity contribution in [1.82, 2.24) is 15.5 Å². The van der Waals surface area contributed by atoms with Crippen molar-refractivity contribution >= 4 is 29.9 Å². The van der Waals surface area contributed by atoms with Crippen molar-refractivity contribution < 1.29 is 9.84 Å². The van der Waals surface area contributed by atoms with E-state index in [4.69, 9.17) is 4.74 Å². The average Bonchev–Trinajstić information content (AvgIpc) is 2.71. The van der Waals surface area contributed by atoms with Crippen molar-refractivity contribution in [2.75, 3.05) is 40.3 Å². The lowest BCUT2D eigenvalue weighted by molar-refractivity contribution is 0.0617. The van der Waals surface area contributed by atoms with E-state index < -0.39 is 5.60 Å². The van der Waals surface area contributed by atoms with Crippen LogP contribution in [-0.2, 0) is 12.1 Å². The van der Waals surface area contributed by atoms with E-state index in [9.17, 15) is 5.11 Å². The molecule has 0 aliphatic carbocycles. The van der Waals surface area contributed by atoms with E-state index in [1.165, 1.54) is 0 Å². The zero-order valence-corrected chi connectivity index (χ0v) is 20.7. The molecule has 0 spiro atoms. The molecule has 2 aromatic rings. The summed E-state index contributed by atoms with van der Waals surface area (Å²) in [5.41, 5.74) is 0.895. The summed E-state index contributed by atoms with van der Waals surface area (Å²) in [6.07, 6.45) is 0. The molecule has 0 heterocycles. The van der Waals surface area contributed by atoms with Gasteiger partial charge in [0.15, 0.2) is 5.96 Å². The van der Waals surface area contributed by atoms with Gasteiger partial charge in [-0.25, -0.2) is 4.99 Å². The van der Waals surface area contributed by atoms with Gasteiger partial charge in [-0.3, -0.25) is 0 Å². The first-order valence-electron chi connectivity index (χ1n) is 10.1. The van der Waals surface area contributed by atoms with Crippen molar-refractivity contribution in [3.63, 3.8) is 0 Å². The Hall–Kier alpha value is -1.84. The van der Waals surface area contributed by atoms with Gasteiger partial charge in [0.25, 0.3) is 0 Å². The SMILES string of the molecule is CCNC(=NCc1ccccc1OCCN(C)C)NCC(C)(O)c1ccccc1.I. The van der Waals surface area contributed by atoms with Gasteiger partial charge < -0.3 is 25.4 Å². The number of hydrogen-bond acceptors (Lipinski definition) is 4. The van der Waals surface area contributed by atoms with Crippen molar-refractivity contribution in [3.8, 4) is 5.75 Å². The van der Waals surface area contributed by atoms with Crippen LogP contribution in [0.2, 0.25) is 0 Å². The summed E-state index contributed by atoms with van der Waals surface area (Å²) in [4.78, 5) is 6.77. The van der Waals surface area contributed by atoms with Gasteiger partial charge in [-0.2, -0.15) is 0 Å². The predicted molar refractivity (Wildman–Crippen MR) is 135 cm³/mol. The van der Waals surface area contributed by atoms with Gasteiger partial charge in [0.2, 0.25) is 0 Å². The summed E-state index contributed by atoms with van der Waals surface area (Å²) in [5.74, 6) is 1.51. The van der Waals surface area contributed by atoms with Crippen LogP contribution in [0.25, 0.3) is 0 Å². The molecular weight excluding hydrogens is 491 g/mol. The molecule has 1 unspecified atom stereocenters. The van der Waals surface area contributed by atoms with E-state index in [0.717, 1.165) is 30.0 Å². The summed E-state index contributed by atoms with van der Waals surface area (Å²) >= 11 is 0. The molecule has 2 aromatic carbocycles. The Kier molecular flexibility index (Phi) is 11.8. The zero-order valence-electron chi connectivity index (χ0n) is 18.4. The standard InChI is InChI=1S/C23H34N4O2.HI/c1-5-24-22(26-18-23(2,28)20-12-7-6-8-13-20)25-17-19-11-9-10-14-21(19)29-16-15-27(3)4;/h6-14,28H,5,15-18H2,1-4H3,(H2,24,25,26);1H. The molecule has 0 fully saturated rings. The maximum atomic E-state index is 10.8. The second-order valence-corrected chi connectivity index (χ2v) is 7.45. The number of benzene rings is 2. The molecular formula is C23H35IN4O2. The van der Waals surface area contributed by atoms with Gasteiger partial charge in [0, 0.05) is 18.7 Å². The summed E-state index contributed by atoms with van der Waals surface area (Å²) in [7, 11) is 4.05. The number of hydrogen-bond donors (Lipinski definition) is 3. The van der Waals surface area contributed by atoms with Crippen LogP contribution in [0.3, 0.4) is 0 Å². The number of likely N-dealkylation sites (N-methyl/N-ethyl adjacent to an activating group) is 1. The predicted octanol–water partition coefficient (Wildman–Crippen LogP) is 3.21. The van der Waals surface area contributed by atoms with Gasteiger partial charge in [0.1, 0.15) is 18.0 Å². The minimum atomic E-state index is -0.995. The summed E-state index contributed by atoms with van der Waals surface area (Å²) in [6, 6.07) is 17.6. The number of aliphatic imine (C=N–C) groups is 1. The molecule has 6 nitrogen and oxygen atoms in total. The van der Waals surface area contributed by atoms with Crippen LogP contribution in [0.15, 0.2) is 59.6 Å². The Labute approximate surface area is 197 Å². The highest BCUT2D eigenvalue weighted by Gasteiger charge is 2.22. The van der Waals surface area contributed by atoms with Crippen LogP contribution >= 0.6 is 24.0 Å². The first-order chi connectivity index (χ1) is 13.9. The highest BCUT2D eigenvalue weighted by molar-refractivity contribution is 14.0. The third-order valence-electron chi connectivity index (χ3n) is 4.52. The minimum absolute atomic E-state index is 0. The number of halogens is 1. The van der Waals surface area contributed by atoms with E-state index in [0.29, 0.717) is 25.7 Å². The molecule has 0 amide bonds. The molecule has 30 heavy (non-hydrogen) atoms. The Morgan fingerprint density at radius 1 is 1.07 bits per heavy atom. The molecule has 0 bridgehead atoms. The van der Waals surface area contributed by atoms with Crippen LogP contribution < -0.4 is 15.4 Å². The van der Waals surface area contributed by atoms with E-state index in [2.05, 4.69) is 20.5 Å². The Balaban J connectivity index is 0.00000450. The molecule has 7 heteroatoms. The molecule has 166 valence electrons. The number of nitrogens with zero attached hydrogens (tertiary/aromatic N) is 2. The fraction of sp³-hybridized carbons (Fsp3) is 0.435. The van der Waals surface area contributed by atoms with E-state index in [1.807, 2.05) is 75.6 Å². The normalized spacial score (nSPS) is 13.3. The summed E-state index contributed by atoms with van der Waals surface area (Å²) in [5, 5.41) is 17.3. The van der Waals surface area contributed by atoms with Crippen molar-refractivity contribution in [1.29, 1.82) is 0 Å². The highest BCUT2D eigenvalue weighted by atomic mass is 127. The monoisotopic (exact) mass is 526 g/mol. The Morgan fingerprint density at radius 2 is 1.73 bits per heavy atom. The van der Waals surface area contributed by atoms with Gasteiger partial charge >= 0.3 is 0 Å². The van der Waals surface area contributed by atoms with Crippen LogP contribution in [-0.4, -0.2) is 56.3 Å². The Bertz CT molecular complexity index is 767. The molecule has 0 aliphatic heterocycles. The average molecular weight is 526 g/mol. The molecule has 1 atom stereocenters.